The van der Waals surface area contributed by atoms with Gasteiger partial charge in [0.1, 0.15) is 6.04 Å². The minimum atomic E-state index is -0.533. The van der Waals surface area contributed by atoms with Gasteiger partial charge in [0.25, 0.3) is 0 Å². The minimum Gasteiger partial charge on any atom is -0.395 e. The highest BCUT2D eigenvalue weighted by atomic mass is 79.9. The van der Waals surface area contributed by atoms with E-state index in [2.05, 4.69) is 31.0 Å². The lowest BCUT2D eigenvalue weighted by atomic mass is 10.00. The molecule has 6 nitrogen and oxygen atoms in total. The molecule has 3 aromatic rings. The van der Waals surface area contributed by atoms with Crippen molar-refractivity contribution in [2.75, 3.05) is 44.6 Å². The first-order chi connectivity index (χ1) is 17.0. The van der Waals surface area contributed by atoms with E-state index < -0.39 is 6.04 Å². The summed E-state index contributed by atoms with van der Waals surface area (Å²) in [5, 5.41) is 12.7. The number of piperazine rings is 1. The molecular formula is C27H27BrClN3O3. The smallest absolute Gasteiger partial charge is 0.246 e. The average molecular weight is 557 g/mol. The first kappa shape index (κ1) is 25.5. The number of β-amino-alcohol motifs (C(OH)–C–C–N with tert-alkyl or cyclic N) is 1. The molecule has 1 saturated heterocycles. The normalized spacial score (nSPS) is 15.5. The predicted octanol–water partition coefficient (Wildman–Crippen LogP) is 4.62. The molecule has 1 aliphatic rings. The Kier molecular flexibility index (Phi) is 8.70. The quantitative estimate of drug-likeness (QED) is 0.396. The molecule has 1 aliphatic heterocycles. The summed E-state index contributed by atoms with van der Waals surface area (Å²) >= 11 is 9.69. The molecule has 1 amide bonds. The Bertz CT molecular complexity index is 1170. The summed E-state index contributed by atoms with van der Waals surface area (Å²) in [6.07, 6.45) is 0. The second kappa shape index (κ2) is 11.9. The lowest BCUT2D eigenvalue weighted by Gasteiger charge is -2.38. The standard InChI is InChI=1S/C27H27BrClN3O3/c28-21-8-6-19(7-9-21)25(32-14-12-31(13-15-32)16-17-33)27(35)30-24-11-10-22(29)18-23(24)26(34)20-4-2-1-3-5-20/h1-11,18,25,33H,12-17H2,(H,30,35). The third kappa shape index (κ3) is 6.37. The number of benzene rings is 3. The molecule has 182 valence electrons. The number of aliphatic hydroxyl groups excluding tert-OH is 1. The van der Waals surface area contributed by atoms with Crippen LogP contribution in [-0.2, 0) is 4.79 Å². The Hall–Kier alpha value is -2.55. The number of nitrogens with one attached hydrogen (secondary N) is 1. The highest BCUT2D eigenvalue weighted by Crippen LogP contribution is 2.29. The third-order valence-electron chi connectivity index (χ3n) is 6.14. The highest BCUT2D eigenvalue weighted by molar-refractivity contribution is 9.10. The summed E-state index contributed by atoms with van der Waals surface area (Å²) in [5.41, 5.74) is 2.16. The fourth-order valence-electron chi connectivity index (χ4n) is 4.32. The van der Waals surface area contributed by atoms with E-state index >= 15 is 0 Å². The zero-order valence-corrected chi connectivity index (χ0v) is 21.5. The lowest BCUT2D eigenvalue weighted by Crippen LogP contribution is -2.50. The number of halogens is 2. The topological polar surface area (TPSA) is 72.9 Å². The van der Waals surface area contributed by atoms with Crippen molar-refractivity contribution in [3.63, 3.8) is 0 Å². The maximum absolute atomic E-state index is 13.7. The Balaban J connectivity index is 1.62. The number of nitrogens with zero attached hydrogens (tertiary/aromatic N) is 2. The van der Waals surface area contributed by atoms with E-state index in [0.717, 1.165) is 23.1 Å². The van der Waals surface area contributed by atoms with Crippen molar-refractivity contribution in [3.05, 3.63) is 99.0 Å². The first-order valence-corrected chi connectivity index (χ1v) is 12.7. The van der Waals surface area contributed by atoms with Gasteiger partial charge < -0.3 is 10.4 Å². The van der Waals surface area contributed by atoms with Crippen LogP contribution >= 0.6 is 27.5 Å². The van der Waals surface area contributed by atoms with Crippen LogP contribution in [-0.4, -0.2) is 65.9 Å². The van der Waals surface area contributed by atoms with Crippen molar-refractivity contribution < 1.29 is 14.7 Å². The largest absolute Gasteiger partial charge is 0.395 e. The summed E-state index contributed by atoms with van der Waals surface area (Å²) in [7, 11) is 0. The number of aliphatic hydroxyl groups is 1. The Morgan fingerprint density at radius 2 is 1.66 bits per heavy atom. The van der Waals surface area contributed by atoms with Gasteiger partial charge in [0, 0.05) is 53.3 Å². The van der Waals surface area contributed by atoms with E-state index in [0.29, 0.717) is 41.5 Å². The van der Waals surface area contributed by atoms with Crippen LogP contribution in [0.15, 0.2) is 77.3 Å². The molecule has 0 spiro atoms. The van der Waals surface area contributed by atoms with Gasteiger partial charge in [-0.15, -0.1) is 0 Å². The van der Waals surface area contributed by atoms with Crippen molar-refractivity contribution >= 4 is 44.9 Å². The molecule has 0 aliphatic carbocycles. The second-order valence-corrected chi connectivity index (χ2v) is 9.78. The number of anilines is 1. The molecule has 1 heterocycles. The lowest BCUT2D eigenvalue weighted by molar-refractivity contribution is -0.122. The van der Waals surface area contributed by atoms with E-state index in [-0.39, 0.29) is 18.3 Å². The molecule has 3 aromatic carbocycles. The maximum atomic E-state index is 13.7. The zero-order chi connectivity index (χ0) is 24.8. The van der Waals surface area contributed by atoms with Crippen LogP contribution in [0.2, 0.25) is 5.02 Å². The number of rotatable bonds is 8. The second-order valence-electron chi connectivity index (χ2n) is 8.43. The summed E-state index contributed by atoms with van der Waals surface area (Å²) < 4.78 is 0.932. The van der Waals surface area contributed by atoms with Gasteiger partial charge >= 0.3 is 0 Å². The van der Waals surface area contributed by atoms with Gasteiger partial charge in [-0.1, -0.05) is 70.0 Å². The van der Waals surface area contributed by atoms with E-state index in [1.165, 1.54) is 0 Å². The summed E-state index contributed by atoms with van der Waals surface area (Å²) in [6, 6.07) is 21.1. The van der Waals surface area contributed by atoms with Crippen LogP contribution in [0.3, 0.4) is 0 Å². The molecule has 1 atom stereocenters. The van der Waals surface area contributed by atoms with Crippen LogP contribution < -0.4 is 5.32 Å². The SMILES string of the molecule is O=C(c1ccccc1)c1cc(Cl)ccc1NC(=O)C(c1ccc(Br)cc1)N1CCN(CCO)CC1. The summed E-state index contributed by atoms with van der Waals surface area (Å²) in [6.45, 7) is 3.64. The number of carbonyl (C=O) groups is 2. The number of hydrogen-bond acceptors (Lipinski definition) is 5. The Morgan fingerprint density at radius 3 is 2.31 bits per heavy atom. The Labute approximate surface area is 218 Å². The zero-order valence-electron chi connectivity index (χ0n) is 19.2. The van der Waals surface area contributed by atoms with Crippen LogP contribution in [0.1, 0.15) is 27.5 Å². The van der Waals surface area contributed by atoms with E-state index in [4.69, 9.17) is 11.6 Å². The average Bonchev–Trinajstić information content (AvgIpc) is 2.88. The fourth-order valence-corrected chi connectivity index (χ4v) is 4.76. The number of amides is 1. The van der Waals surface area contributed by atoms with Gasteiger partial charge in [-0.2, -0.15) is 0 Å². The van der Waals surface area contributed by atoms with Crippen LogP contribution in [0.5, 0.6) is 0 Å². The molecular weight excluding hydrogens is 530 g/mol. The minimum absolute atomic E-state index is 0.116. The first-order valence-electron chi connectivity index (χ1n) is 11.5. The number of carbonyl (C=O) groups excluding carboxylic acids is 2. The van der Waals surface area contributed by atoms with E-state index in [1.807, 2.05) is 30.3 Å². The van der Waals surface area contributed by atoms with Crippen LogP contribution in [0.25, 0.3) is 0 Å². The number of ketones is 1. The molecule has 4 rings (SSSR count). The van der Waals surface area contributed by atoms with Gasteiger partial charge in [-0.3, -0.25) is 19.4 Å². The number of hydrogen-bond donors (Lipinski definition) is 2. The monoisotopic (exact) mass is 555 g/mol. The van der Waals surface area contributed by atoms with Crippen LogP contribution in [0.4, 0.5) is 5.69 Å². The molecule has 2 N–H and O–H groups in total. The Morgan fingerprint density at radius 1 is 0.971 bits per heavy atom. The molecule has 35 heavy (non-hydrogen) atoms. The fraction of sp³-hybridized carbons (Fsp3) is 0.259. The van der Waals surface area contributed by atoms with E-state index in [1.54, 1.807) is 42.5 Å². The van der Waals surface area contributed by atoms with Gasteiger partial charge in [0.2, 0.25) is 5.91 Å². The van der Waals surface area contributed by atoms with Crippen molar-refractivity contribution in [2.45, 2.75) is 6.04 Å². The summed E-state index contributed by atoms with van der Waals surface area (Å²) in [4.78, 5) is 31.3. The third-order valence-corrected chi connectivity index (χ3v) is 6.91. The molecule has 0 aromatic heterocycles. The van der Waals surface area contributed by atoms with Gasteiger partial charge in [0.05, 0.1) is 12.3 Å². The van der Waals surface area contributed by atoms with Gasteiger partial charge in [0.15, 0.2) is 5.78 Å². The van der Waals surface area contributed by atoms with Gasteiger partial charge in [-0.25, -0.2) is 0 Å². The van der Waals surface area contributed by atoms with Crippen LogP contribution in [0, 0.1) is 0 Å². The van der Waals surface area contributed by atoms with Crippen molar-refractivity contribution in [1.29, 1.82) is 0 Å². The van der Waals surface area contributed by atoms with Crippen molar-refractivity contribution in [3.8, 4) is 0 Å². The molecule has 0 bridgehead atoms. The van der Waals surface area contributed by atoms with Crippen molar-refractivity contribution in [1.82, 2.24) is 9.80 Å². The summed E-state index contributed by atoms with van der Waals surface area (Å²) in [5.74, 6) is -0.423. The molecule has 1 fully saturated rings. The molecule has 1 unspecified atom stereocenters. The molecule has 0 saturated carbocycles. The molecule has 0 radical (unpaired) electrons. The highest BCUT2D eigenvalue weighted by Gasteiger charge is 2.31. The maximum Gasteiger partial charge on any atom is 0.246 e. The molecule has 8 heteroatoms. The van der Waals surface area contributed by atoms with E-state index in [9.17, 15) is 14.7 Å². The van der Waals surface area contributed by atoms with Crippen molar-refractivity contribution in [2.24, 2.45) is 0 Å². The van der Waals surface area contributed by atoms with Gasteiger partial charge in [-0.05, 0) is 35.9 Å². The predicted molar refractivity (Wildman–Crippen MR) is 142 cm³/mol.